The Labute approximate surface area is 114 Å². The highest BCUT2D eigenvalue weighted by Gasteiger charge is 2.16. The van der Waals surface area contributed by atoms with Gasteiger partial charge in [0.2, 0.25) is 0 Å². The van der Waals surface area contributed by atoms with Gasteiger partial charge in [-0.05, 0) is 18.6 Å². The molecule has 0 saturated carbocycles. The fraction of sp³-hybridized carbons (Fsp3) is 0.364. The molecule has 0 aliphatic rings. The molecule has 7 heteroatoms. The number of halogens is 2. The highest BCUT2D eigenvalue weighted by atomic mass is 35.5. The minimum absolute atomic E-state index is 0.144. The van der Waals surface area contributed by atoms with E-state index in [9.17, 15) is 5.11 Å². The Morgan fingerprint density at radius 1 is 1.28 bits per heavy atom. The molecule has 18 heavy (non-hydrogen) atoms. The quantitative estimate of drug-likeness (QED) is 0.938. The van der Waals surface area contributed by atoms with Crippen molar-refractivity contribution in [2.24, 2.45) is 0 Å². The van der Waals surface area contributed by atoms with Gasteiger partial charge in [0.1, 0.15) is 5.15 Å². The monoisotopic (exact) mass is 286 g/mol. The van der Waals surface area contributed by atoms with Crippen molar-refractivity contribution in [1.82, 2.24) is 20.0 Å². The van der Waals surface area contributed by atoms with E-state index in [1.165, 1.54) is 4.68 Å². The molecule has 2 heterocycles. The molecule has 2 aromatic heterocycles. The number of hydrogen-bond acceptors (Lipinski definition) is 4. The van der Waals surface area contributed by atoms with Crippen molar-refractivity contribution in [3.8, 4) is 5.82 Å². The summed E-state index contributed by atoms with van der Waals surface area (Å²) in [5, 5.41) is 22.0. The zero-order valence-electron chi connectivity index (χ0n) is 9.77. The first-order valence-electron chi connectivity index (χ1n) is 5.54. The summed E-state index contributed by atoms with van der Waals surface area (Å²) in [6.45, 7) is 1.89. The molecule has 0 aromatic carbocycles. The first-order chi connectivity index (χ1) is 8.67. The number of nitrogens with zero attached hydrogens (tertiary/aromatic N) is 4. The number of aryl methyl sites for hydroxylation is 1. The average Bonchev–Trinajstić information content (AvgIpc) is 2.67. The lowest BCUT2D eigenvalue weighted by Gasteiger charge is -2.00. The Kier molecular flexibility index (Phi) is 4.16. The number of aliphatic hydroxyl groups excluding tert-OH is 1. The van der Waals surface area contributed by atoms with Crippen molar-refractivity contribution >= 4 is 23.2 Å². The highest BCUT2D eigenvalue weighted by Crippen LogP contribution is 2.24. The summed E-state index contributed by atoms with van der Waals surface area (Å²) in [5.41, 5.74) is 1.41. The molecule has 5 nitrogen and oxygen atoms in total. The minimum Gasteiger partial charge on any atom is -0.391 e. The molecule has 0 bridgehead atoms. The van der Waals surface area contributed by atoms with Crippen molar-refractivity contribution in [2.45, 2.75) is 26.4 Å². The molecule has 0 radical (unpaired) electrons. The van der Waals surface area contributed by atoms with E-state index in [0.717, 1.165) is 18.5 Å². The van der Waals surface area contributed by atoms with E-state index in [0.29, 0.717) is 21.7 Å². The standard InChI is InChI=1S/C11H12Cl2N4O/c1-2-3-8-7(6-18)11(13)17(16-8)10-5-4-9(12)14-15-10/h4-5,18H,2-3,6H2,1H3. The third-order valence-corrected chi connectivity index (χ3v) is 3.07. The van der Waals surface area contributed by atoms with Crippen LogP contribution < -0.4 is 0 Å². The summed E-state index contributed by atoms with van der Waals surface area (Å²) in [4.78, 5) is 0. The van der Waals surface area contributed by atoms with E-state index >= 15 is 0 Å². The van der Waals surface area contributed by atoms with Crippen LogP contribution in [0, 0.1) is 0 Å². The number of hydrogen-bond donors (Lipinski definition) is 1. The Morgan fingerprint density at radius 2 is 2.06 bits per heavy atom. The topological polar surface area (TPSA) is 63.8 Å². The van der Waals surface area contributed by atoms with Crippen LogP contribution in [0.3, 0.4) is 0 Å². The second-order valence-electron chi connectivity index (χ2n) is 3.75. The SMILES string of the molecule is CCCc1nn(-c2ccc(Cl)nn2)c(Cl)c1CO. The molecular formula is C11H12Cl2N4O. The van der Waals surface area contributed by atoms with Gasteiger partial charge < -0.3 is 5.11 Å². The van der Waals surface area contributed by atoms with Crippen LogP contribution in [0.15, 0.2) is 12.1 Å². The second-order valence-corrected chi connectivity index (χ2v) is 4.50. The summed E-state index contributed by atoms with van der Waals surface area (Å²) in [5.74, 6) is 0.474. The summed E-state index contributed by atoms with van der Waals surface area (Å²) in [6.07, 6.45) is 1.68. The van der Waals surface area contributed by atoms with Gasteiger partial charge in [-0.3, -0.25) is 0 Å². The van der Waals surface area contributed by atoms with Gasteiger partial charge in [-0.25, -0.2) is 4.68 Å². The Bertz CT molecular complexity index is 539. The van der Waals surface area contributed by atoms with Gasteiger partial charge in [0.05, 0.1) is 12.3 Å². The van der Waals surface area contributed by atoms with Crippen molar-refractivity contribution in [3.63, 3.8) is 0 Å². The van der Waals surface area contributed by atoms with Gasteiger partial charge >= 0.3 is 0 Å². The molecule has 0 atom stereocenters. The Morgan fingerprint density at radius 3 is 2.61 bits per heavy atom. The van der Waals surface area contributed by atoms with E-state index in [1.807, 2.05) is 6.92 Å². The van der Waals surface area contributed by atoms with E-state index in [1.54, 1.807) is 12.1 Å². The molecule has 96 valence electrons. The van der Waals surface area contributed by atoms with Crippen molar-refractivity contribution < 1.29 is 5.11 Å². The van der Waals surface area contributed by atoms with Crippen LogP contribution in [0.25, 0.3) is 5.82 Å². The van der Waals surface area contributed by atoms with E-state index in [4.69, 9.17) is 23.2 Å². The van der Waals surface area contributed by atoms with Crippen LogP contribution in [-0.4, -0.2) is 25.1 Å². The molecule has 0 unspecified atom stereocenters. The highest BCUT2D eigenvalue weighted by molar-refractivity contribution is 6.30. The van der Waals surface area contributed by atoms with Crippen LogP contribution in [0.2, 0.25) is 10.3 Å². The van der Waals surface area contributed by atoms with Gasteiger partial charge in [0, 0.05) is 5.56 Å². The van der Waals surface area contributed by atoms with Crippen molar-refractivity contribution in [2.75, 3.05) is 0 Å². The van der Waals surface area contributed by atoms with Crippen LogP contribution in [0.5, 0.6) is 0 Å². The molecular weight excluding hydrogens is 275 g/mol. The van der Waals surface area contributed by atoms with Gasteiger partial charge in [0.25, 0.3) is 0 Å². The lowest BCUT2D eigenvalue weighted by atomic mass is 10.2. The van der Waals surface area contributed by atoms with Crippen molar-refractivity contribution in [1.29, 1.82) is 0 Å². The normalized spacial score (nSPS) is 10.9. The fourth-order valence-corrected chi connectivity index (χ4v) is 2.03. The first-order valence-corrected chi connectivity index (χ1v) is 6.29. The molecule has 0 aliphatic carbocycles. The largest absolute Gasteiger partial charge is 0.391 e. The summed E-state index contributed by atoms with van der Waals surface area (Å²) in [7, 11) is 0. The van der Waals surface area contributed by atoms with Crippen LogP contribution in [0.1, 0.15) is 24.6 Å². The Balaban J connectivity index is 2.47. The Hall–Kier alpha value is -1.17. The summed E-state index contributed by atoms with van der Waals surface area (Å²) < 4.78 is 1.46. The maximum atomic E-state index is 9.34. The predicted molar refractivity (Wildman–Crippen MR) is 69.1 cm³/mol. The zero-order chi connectivity index (χ0) is 13.1. The third-order valence-electron chi connectivity index (χ3n) is 2.48. The molecule has 0 fully saturated rings. The van der Waals surface area contributed by atoms with Crippen LogP contribution >= 0.6 is 23.2 Å². The third kappa shape index (κ3) is 2.48. The molecule has 0 spiro atoms. The predicted octanol–water partition coefficient (Wildman–Crippen LogP) is 2.41. The molecule has 2 aromatic rings. The summed E-state index contributed by atoms with van der Waals surface area (Å²) >= 11 is 11.9. The maximum absolute atomic E-state index is 9.34. The molecule has 0 amide bonds. The zero-order valence-corrected chi connectivity index (χ0v) is 11.3. The smallest absolute Gasteiger partial charge is 0.177 e. The molecule has 0 saturated heterocycles. The second kappa shape index (κ2) is 5.65. The number of aromatic nitrogens is 4. The summed E-state index contributed by atoms with van der Waals surface area (Å²) in [6, 6.07) is 3.28. The number of rotatable bonds is 4. The van der Waals surface area contributed by atoms with Gasteiger partial charge in [-0.2, -0.15) is 5.10 Å². The van der Waals surface area contributed by atoms with E-state index in [2.05, 4.69) is 15.3 Å². The van der Waals surface area contributed by atoms with Crippen molar-refractivity contribution in [3.05, 3.63) is 33.7 Å². The lowest BCUT2D eigenvalue weighted by Crippen LogP contribution is -2.01. The number of aliphatic hydroxyl groups is 1. The molecule has 2 rings (SSSR count). The molecule has 0 aliphatic heterocycles. The van der Waals surface area contributed by atoms with E-state index in [-0.39, 0.29) is 6.61 Å². The van der Waals surface area contributed by atoms with Gasteiger partial charge in [-0.15, -0.1) is 10.2 Å². The molecule has 1 N–H and O–H groups in total. The maximum Gasteiger partial charge on any atom is 0.177 e. The minimum atomic E-state index is -0.144. The first kappa shape index (κ1) is 13.3. The lowest BCUT2D eigenvalue weighted by molar-refractivity contribution is 0.280. The van der Waals surface area contributed by atoms with Gasteiger partial charge in [0.15, 0.2) is 11.0 Å². The average molecular weight is 287 g/mol. The fourth-order valence-electron chi connectivity index (χ4n) is 1.64. The van der Waals surface area contributed by atoms with Crippen LogP contribution in [-0.2, 0) is 13.0 Å². The van der Waals surface area contributed by atoms with E-state index < -0.39 is 0 Å². The van der Waals surface area contributed by atoms with Crippen LogP contribution in [0.4, 0.5) is 0 Å². The van der Waals surface area contributed by atoms with Gasteiger partial charge in [-0.1, -0.05) is 36.5 Å².